The number of esters is 1. The highest BCUT2D eigenvalue weighted by Gasteiger charge is 2.45. The fraction of sp³-hybridized carbons (Fsp3) is 0.833. The number of ether oxygens (including phenoxy) is 1. The fourth-order valence-corrected chi connectivity index (χ4v) is 0.571. The Morgan fingerprint density at radius 1 is 1.62 bits per heavy atom. The van der Waals surface area contributed by atoms with E-state index in [9.17, 15) is 18.0 Å². The van der Waals surface area contributed by atoms with E-state index in [2.05, 4.69) is 4.74 Å². The first-order valence-electron chi connectivity index (χ1n) is 3.47. The van der Waals surface area contributed by atoms with Gasteiger partial charge in [-0.1, -0.05) is 0 Å². The van der Waals surface area contributed by atoms with E-state index in [0.717, 1.165) is 0 Å². The van der Waals surface area contributed by atoms with Crippen LogP contribution in [-0.4, -0.2) is 36.0 Å². The molecule has 78 valence electrons. The van der Waals surface area contributed by atoms with Crippen molar-refractivity contribution in [2.45, 2.75) is 25.2 Å². The molecule has 0 aromatic rings. The minimum atomic E-state index is -4.91. The molecule has 7 heteroatoms. The molecule has 0 fully saturated rings. The number of aliphatic hydroxyl groups excluding tert-OH is 1. The monoisotopic (exact) mass is 201 g/mol. The van der Waals surface area contributed by atoms with Crippen LogP contribution in [0.25, 0.3) is 0 Å². The largest absolute Gasteiger partial charge is 0.465 e. The van der Waals surface area contributed by atoms with Crippen LogP contribution in [0.15, 0.2) is 0 Å². The molecule has 0 aliphatic rings. The van der Waals surface area contributed by atoms with Gasteiger partial charge in [0.15, 0.2) is 6.10 Å². The van der Waals surface area contributed by atoms with Crippen molar-refractivity contribution in [1.29, 1.82) is 0 Å². The first-order chi connectivity index (χ1) is 5.80. The van der Waals surface area contributed by atoms with Crippen LogP contribution in [0, 0.1) is 0 Å². The molecule has 0 unspecified atom stereocenters. The molecular formula is C6H10F3NO3. The molecule has 0 saturated heterocycles. The standard InChI is InChI=1S/C6H10F3NO3/c1-2-13-5(12)3(10)4(11)6(7,8)9/h3-4,11H,2,10H2,1H3/t3-,4+/m1/s1. The van der Waals surface area contributed by atoms with E-state index in [-0.39, 0.29) is 6.61 Å². The molecule has 0 aromatic heterocycles. The third kappa shape index (κ3) is 3.60. The van der Waals surface area contributed by atoms with Crippen LogP contribution in [0.3, 0.4) is 0 Å². The van der Waals surface area contributed by atoms with Gasteiger partial charge >= 0.3 is 12.1 Å². The van der Waals surface area contributed by atoms with Crippen LogP contribution in [0.2, 0.25) is 0 Å². The van der Waals surface area contributed by atoms with Crippen molar-refractivity contribution in [1.82, 2.24) is 0 Å². The second kappa shape index (κ2) is 4.43. The lowest BCUT2D eigenvalue weighted by Gasteiger charge is -2.19. The van der Waals surface area contributed by atoms with Gasteiger partial charge in [-0.3, -0.25) is 4.79 Å². The maximum Gasteiger partial charge on any atom is 0.416 e. The lowest BCUT2D eigenvalue weighted by Crippen LogP contribution is -2.50. The van der Waals surface area contributed by atoms with E-state index < -0.39 is 24.3 Å². The normalized spacial score (nSPS) is 16.5. The molecule has 0 heterocycles. The van der Waals surface area contributed by atoms with Gasteiger partial charge in [-0.05, 0) is 6.92 Å². The predicted octanol–water partition coefficient (Wildman–Crippen LogP) is -0.200. The summed E-state index contributed by atoms with van der Waals surface area (Å²) in [5, 5.41) is 8.50. The Balaban J connectivity index is 4.25. The zero-order valence-corrected chi connectivity index (χ0v) is 6.84. The number of carbonyl (C=O) groups excluding carboxylic acids is 1. The zero-order chi connectivity index (χ0) is 10.6. The second-order valence-corrected chi connectivity index (χ2v) is 2.26. The summed E-state index contributed by atoms with van der Waals surface area (Å²) in [4.78, 5) is 10.6. The van der Waals surface area contributed by atoms with Crippen LogP contribution in [0.1, 0.15) is 6.92 Å². The SMILES string of the molecule is CCOC(=O)[C@H](N)[C@H](O)C(F)(F)F. The molecule has 0 aromatic carbocycles. The van der Waals surface area contributed by atoms with Gasteiger partial charge in [0.25, 0.3) is 0 Å². The van der Waals surface area contributed by atoms with Crippen molar-refractivity contribution in [2.24, 2.45) is 5.73 Å². The average molecular weight is 201 g/mol. The highest BCUT2D eigenvalue weighted by molar-refractivity contribution is 5.76. The Kier molecular flexibility index (Phi) is 4.15. The zero-order valence-electron chi connectivity index (χ0n) is 6.84. The summed E-state index contributed by atoms with van der Waals surface area (Å²) in [6.45, 7) is 1.34. The number of rotatable bonds is 3. The number of hydrogen-bond acceptors (Lipinski definition) is 4. The Morgan fingerprint density at radius 2 is 2.08 bits per heavy atom. The molecule has 3 N–H and O–H groups in total. The van der Waals surface area contributed by atoms with E-state index in [1.165, 1.54) is 6.92 Å². The first kappa shape index (κ1) is 12.2. The maximum atomic E-state index is 11.8. The van der Waals surface area contributed by atoms with E-state index in [1.54, 1.807) is 0 Å². The van der Waals surface area contributed by atoms with E-state index >= 15 is 0 Å². The Labute approximate surface area is 72.5 Å². The first-order valence-corrected chi connectivity index (χ1v) is 3.47. The molecule has 0 radical (unpaired) electrons. The van der Waals surface area contributed by atoms with Crippen molar-refractivity contribution >= 4 is 5.97 Å². The van der Waals surface area contributed by atoms with E-state index in [4.69, 9.17) is 10.8 Å². The molecule has 0 spiro atoms. The molecule has 0 saturated carbocycles. The number of carbonyl (C=O) groups is 1. The van der Waals surface area contributed by atoms with Crippen LogP contribution in [-0.2, 0) is 9.53 Å². The van der Waals surface area contributed by atoms with Crippen molar-refractivity contribution in [3.05, 3.63) is 0 Å². The number of alkyl halides is 3. The van der Waals surface area contributed by atoms with E-state index in [1.807, 2.05) is 0 Å². The lowest BCUT2D eigenvalue weighted by atomic mass is 10.2. The topological polar surface area (TPSA) is 72.5 Å². The van der Waals surface area contributed by atoms with Gasteiger partial charge < -0.3 is 15.6 Å². The smallest absolute Gasteiger partial charge is 0.416 e. The minimum Gasteiger partial charge on any atom is -0.465 e. The second-order valence-electron chi connectivity index (χ2n) is 2.26. The molecule has 0 aliphatic carbocycles. The summed E-state index contributed by atoms with van der Waals surface area (Å²) in [5.41, 5.74) is 4.79. The molecule has 0 amide bonds. The van der Waals surface area contributed by atoms with Gasteiger partial charge in [0.05, 0.1) is 6.61 Å². The van der Waals surface area contributed by atoms with Crippen molar-refractivity contribution in [2.75, 3.05) is 6.61 Å². The number of hydrogen-bond donors (Lipinski definition) is 2. The van der Waals surface area contributed by atoms with Gasteiger partial charge in [0.2, 0.25) is 0 Å². The van der Waals surface area contributed by atoms with Gasteiger partial charge in [-0.15, -0.1) is 0 Å². The highest BCUT2D eigenvalue weighted by Crippen LogP contribution is 2.21. The van der Waals surface area contributed by atoms with Gasteiger partial charge in [0, 0.05) is 0 Å². The Hall–Kier alpha value is -0.820. The fourth-order valence-electron chi connectivity index (χ4n) is 0.571. The molecule has 13 heavy (non-hydrogen) atoms. The lowest BCUT2D eigenvalue weighted by molar-refractivity contribution is -0.213. The van der Waals surface area contributed by atoms with Crippen LogP contribution < -0.4 is 5.73 Å². The van der Waals surface area contributed by atoms with Gasteiger partial charge in [0.1, 0.15) is 6.04 Å². The molecule has 0 bridgehead atoms. The van der Waals surface area contributed by atoms with Crippen molar-refractivity contribution < 1.29 is 27.8 Å². The van der Waals surface area contributed by atoms with Gasteiger partial charge in [-0.2, -0.15) is 13.2 Å². The maximum absolute atomic E-state index is 11.8. The molecule has 0 rings (SSSR count). The Bertz CT molecular complexity index is 182. The molecule has 2 atom stereocenters. The summed E-state index contributed by atoms with van der Waals surface area (Å²) in [6, 6.07) is -2.08. The number of nitrogens with two attached hydrogens (primary N) is 1. The molecular weight excluding hydrogens is 191 g/mol. The number of halogens is 3. The minimum absolute atomic E-state index is 0.0862. The summed E-state index contributed by atoms with van der Waals surface area (Å²) >= 11 is 0. The third-order valence-electron chi connectivity index (χ3n) is 1.23. The van der Waals surface area contributed by atoms with Gasteiger partial charge in [-0.25, -0.2) is 0 Å². The summed E-state index contributed by atoms with van der Waals surface area (Å²) in [6.07, 6.45) is -7.79. The van der Waals surface area contributed by atoms with Crippen LogP contribution in [0.5, 0.6) is 0 Å². The average Bonchev–Trinajstić information content (AvgIpc) is 2.00. The molecule has 4 nitrogen and oxygen atoms in total. The summed E-state index contributed by atoms with van der Waals surface area (Å²) in [7, 11) is 0. The summed E-state index contributed by atoms with van der Waals surface area (Å²) in [5.74, 6) is -1.27. The van der Waals surface area contributed by atoms with Crippen molar-refractivity contribution in [3.63, 3.8) is 0 Å². The van der Waals surface area contributed by atoms with Crippen LogP contribution >= 0.6 is 0 Å². The van der Waals surface area contributed by atoms with Crippen molar-refractivity contribution in [3.8, 4) is 0 Å². The highest BCUT2D eigenvalue weighted by atomic mass is 19.4. The Morgan fingerprint density at radius 3 is 2.38 bits per heavy atom. The summed E-state index contributed by atoms with van der Waals surface area (Å²) < 4.78 is 39.5. The predicted molar refractivity (Wildman–Crippen MR) is 36.7 cm³/mol. The number of aliphatic hydroxyl groups is 1. The van der Waals surface area contributed by atoms with E-state index in [0.29, 0.717) is 0 Å². The van der Waals surface area contributed by atoms with Crippen LogP contribution in [0.4, 0.5) is 13.2 Å². The third-order valence-corrected chi connectivity index (χ3v) is 1.23. The quantitative estimate of drug-likeness (QED) is 0.620. The molecule has 0 aliphatic heterocycles.